The van der Waals surface area contributed by atoms with Crippen LogP contribution in [-0.2, 0) is 7.05 Å². The van der Waals surface area contributed by atoms with Crippen LogP contribution in [0.3, 0.4) is 0 Å². The first-order chi connectivity index (χ1) is 4.63. The summed E-state index contributed by atoms with van der Waals surface area (Å²) in [5.41, 5.74) is 0. The van der Waals surface area contributed by atoms with E-state index in [0.29, 0.717) is 14.4 Å². The molecule has 0 saturated carbocycles. The van der Waals surface area contributed by atoms with Crippen LogP contribution in [0.1, 0.15) is 0 Å². The molecule has 1 heterocycles. The summed E-state index contributed by atoms with van der Waals surface area (Å²) in [5, 5.41) is 3.93. The molecule has 0 aromatic carbocycles. The van der Waals surface area contributed by atoms with E-state index in [4.69, 9.17) is 12.2 Å². The van der Waals surface area contributed by atoms with Gasteiger partial charge in [0, 0.05) is 11.9 Å². The second kappa shape index (κ2) is 2.94. The van der Waals surface area contributed by atoms with Crippen LogP contribution < -0.4 is 0 Å². The summed E-state index contributed by atoms with van der Waals surface area (Å²) in [7, 11) is 1.77. The van der Waals surface area contributed by atoms with Crippen LogP contribution in [0.15, 0.2) is 16.0 Å². The lowest BCUT2D eigenvalue weighted by atomic mass is 10.6. The van der Waals surface area contributed by atoms with Crippen LogP contribution in [0.4, 0.5) is 0 Å². The Balaban J connectivity index is 3.50. The van der Waals surface area contributed by atoms with Crippen LogP contribution in [0.25, 0.3) is 0 Å². The standard InChI is InChI=1S/C5H6N2S3/c1-7-5(10)4(9)3(8)2-6-7/h2,8-9H,1H3. The molecular formula is C5H6N2S3. The summed E-state index contributed by atoms with van der Waals surface area (Å²) in [6.45, 7) is 0. The Labute approximate surface area is 75.1 Å². The average Bonchev–Trinajstić information content (AvgIpc) is 1.93. The van der Waals surface area contributed by atoms with Crippen LogP contribution >= 0.6 is 37.5 Å². The summed E-state index contributed by atoms with van der Waals surface area (Å²) in [4.78, 5) is 1.42. The minimum Gasteiger partial charge on any atom is -0.257 e. The fourth-order valence-corrected chi connectivity index (χ4v) is 1.11. The van der Waals surface area contributed by atoms with Gasteiger partial charge in [-0.3, -0.25) is 4.68 Å². The Hall–Kier alpha value is -0.0000000000000000833. The minimum absolute atomic E-state index is 0.607. The predicted octanol–water partition coefficient (Wildman–Crippen LogP) is 1.73. The number of aromatic nitrogens is 2. The molecule has 1 aromatic rings. The molecule has 0 spiro atoms. The lowest BCUT2D eigenvalue weighted by Gasteiger charge is -2.00. The van der Waals surface area contributed by atoms with Crippen molar-refractivity contribution in [2.75, 3.05) is 0 Å². The molecule has 0 radical (unpaired) electrons. The highest BCUT2D eigenvalue weighted by atomic mass is 32.1. The topological polar surface area (TPSA) is 17.8 Å². The quantitative estimate of drug-likeness (QED) is 0.479. The number of rotatable bonds is 0. The summed E-state index contributed by atoms with van der Waals surface area (Å²) in [6.07, 6.45) is 1.61. The van der Waals surface area contributed by atoms with Gasteiger partial charge in [0.15, 0.2) is 0 Å². The Morgan fingerprint density at radius 1 is 1.60 bits per heavy atom. The molecule has 0 amide bonds. The second-order valence-electron chi connectivity index (χ2n) is 1.81. The SMILES string of the molecule is Cn1ncc(S)c(S)c1=S. The molecule has 0 aliphatic carbocycles. The zero-order valence-corrected chi connectivity index (χ0v) is 7.88. The fraction of sp³-hybridized carbons (Fsp3) is 0.200. The van der Waals surface area contributed by atoms with Crippen LogP contribution in [0.2, 0.25) is 0 Å². The number of hydrogen-bond acceptors (Lipinski definition) is 4. The van der Waals surface area contributed by atoms with Gasteiger partial charge in [-0.25, -0.2) is 0 Å². The van der Waals surface area contributed by atoms with E-state index in [1.165, 1.54) is 0 Å². The van der Waals surface area contributed by atoms with Crippen LogP contribution in [0, 0.1) is 4.64 Å². The van der Waals surface area contributed by atoms with Gasteiger partial charge >= 0.3 is 0 Å². The molecule has 0 aliphatic heterocycles. The fourth-order valence-electron chi connectivity index (χ4n) is 0.518. The molecule has 0 aliphatic rings. The smallest absolute Gasteiger partial charge is 0.136 e. The first-order valence-electron chi connectivity index (χ1n) is 2.57. The molecule has 1 rings (SSSR count). The van der Waals surface area contributed by atoms with E-state index >= 15 is 0 Å². The Bertz CT molecular complexity index is 304. The highest BCUT2D eigenvalue weighted by Crippen LogP contribution is 2.16. The maximum atomic E-state index is 4.96. The monoisotopic (exact) mass is 190 g/mol. The molecule has 1 aromatic heterocycles. The molecule has 5 heteroatoms. The maximum Gasteiger partial charge on any atom is 0.136 e. The van der Waals surface area contributed by atoms with Gasteiger partial charge in [-0.15, -0.1) is 25.3 Å². The zero-order valence-electron chi connectivity index (χ0n) is 5.27. The first kappa shape index (κ1) is 8.10. The van der Waals surface area contributed by atoms with E-state index in [1.807, 2.05) is 0 Å². The number of aryl methyl sites for hydroxylation is 1. The number of hydrogen-bond donors (Lipinski definition) is 2. The van der Waals surface area contributed by atoms with Gasteiger partial charge in [-0.2, -0.15) is 5.10 Å². The minimum atomic E-state index is 0.607. The van der Waals surface area contributed by atoms with Crippen molar-refractivity contribution in [3.63, 3.8) is 0 Å². The van der Waals surface area contributed by atoms with Crippen LogP contribution in [0.5, 0.6) is 0 Å². The van der Waals surface area contributed by atoms with Gasteiger partial charge in [0.05, 0.1) is 11.1 Å². The summed E-state index contributed by atoms with van der Waals surface area (Å²) in [6, 6.07) is 0. The molecule has 2 nitrogen and oxygen atoms in total. The largest absolute Gasteiger partial charge is 0.257 e. The van der Waals surface area contributed by atoms with Crippen molar-refractivity contribution < 1.29 is 0 Å². The Morgan fingerprint density at radius 3 is 2.70 bits per heavy atom. The van der Waals surface area contributed by atoms with Gasteiger partial charge in [0.2, 0.25) is 0 Å². The van der Waals surface area contributed by atoms with Crippen molar-refractivity contribution in [2.45, 2.75) is 9.79 Å². The van der Waals surface area contributed by atoms with Gasteiger partial charge in [0.25, 0.3) is 0 Å². The Kier molecular flexibility index (Phi) is 2.38. The lowest BCUT2D eigenvalue weighted by molar-refractivity contribution is 0.694. The molecule has 0 unspecified atom stereocenters. The van der Waals surface area contributed by atoms with Crippen molar-refractivity contribution in [1.29, 1.82) is 0 Å². The summed E-state index contributed by atoms with van der Waals surface area (Å²) in [5.74, 6) is 0. The van der Waals surface area contributed by atoms with Crippen molar-refractivity contribution in [3.8, 4) is 0 Å². The normalized spacial score (nSPS) is 9.90. The van der Waals surface area contributed by atoms with E-state index in [0.717, 1.165) is 0 Å². The molecular weight excluding hydrogens is 184 g/mol. The first-order valence-corrected chi connectivity index (χ1v) is 3.87. The number of nitrogens with zero attached hydrogens (tertiary/aromatic N) is 2. The zero-order chi connectivity index (χ0) is 7.72. The highest BCUT2D eigenvalue weighted by Gasteiger charge is 1.96. The third-order valence-electron chi connectivity index (χ3n) is 1.09. The van der Waals surface area contributed by atoms with E-state index in [-0.39, 0.29) is 0 Å². The van der Waals surface area contributed by atoms with E-state index in [9.17, 15) is 0 Å². The van der Waals surface area contributed by atoms with E-state index in [2.05, 4.69) is 30.4 Å². The van der Waals surface area contributed by atoms with Crippen LogP contribution in [-0.4, -0.2) is 9.78 Å². The van der Waals surface area contributed by atoms with Gasteiger partial charge < -0.3 is 0 Å². The van der Waals surface area contributed by atoms with Crippen molar-refractivity contribution in [1.82, 2.24) is 9.78 Å². The Morgan fingerprint density at radius 2 is 2.20 bits per heavy atom. The summed E-state index contributed by atoms with van der Waals surface area (Å²) < 4.78 is 2.19. The highest BCUT2D eigenvalue weighted by molar-refractivity contribution is 7.84. The molecule has 54 valence electrons. The van der Waals surface area contributed by atoms with Crippen molar-refractivity contribution in [3.05, 3.63) is 10.8 Å². The summed E-state index contributed by atoms with van der Waals surface area (Å²) >= 11 is 13.2. The third-order valence-corrected chi connectivity index (χ3v) is 2.68. The van der Waals surface area contributed by atoms with E-state index < -0.39 is 0 Å². The molecule has 0 bridgehead atoms. The van der Waals surface area contributed by atoms with Crippen molar-refractivity contribution in [2.24, 2.45) is 7.05 Å². The van der Waals surface area contributed by atoms with E-state index in [1.54, 1.807) is 17.9 Å². The number of thiol groups is 2. The molecule has 0 N–H and O–H groups in total. The molecule has 0 fully saturated rings. The second-order valence-corrected chi connectivity index (χ2v) is 3.12. The average molecular weight is 190 g/mol. The van der Waals surface area contributed by atoms with Gasteiger partial charge in [-0.1, -0.05) is 12.2 Å². The third kappa shape index (κ3) is 1.36. The molecule has 0 atom stereocenters. The predicted molar refractivity (Wildman–Crippen MR) is 48.5 cm³/mol. The molecule has 10 heavy (non-hydrogen) atoms. The van der Waals surface area contributed by atoms with Gasteiger partial charge in [0.1, 0.15) is 4.64 Å². The van der Waals surface area contributed by atoms with Gasteiger partial charge in [-0.05, 0) is 0 Å². The lowest BCUT2D eigenvalue weighted by Crippen LogP contribution is -1.98. The molecule has 0 saturated heterocycles. The van der Waals surface area contributed by atoms with Crippen molar-refractivity contribution >= 4 is 37.5 Å². The maximum absolute atomic E-state index is 4.96.